The number of benzene rings is 2. The predicted octanol–water partition coefficient (Wildman–Crippen LogP) is 2.72. The molecule has 200 valence electrons. The van der Waals surface area contributed by atoms with Crippen molar-refractivity contribution in [3.8, 4) is 11.3 Å². The molecule has 0 fully saturated rings. The average molecular weight is 554 g/mol. The fourth-order valence-electron chi connectivity index (χ4n) is 4.32. The Balaban J connectivity index is 1.92. The number of sulfonamides is 2. The van der Waals surface area contributed by atoms with E-state index in [1.807, 2.05) is 0 Å². The van der Waals surface area contributed by atoms with Crippen molar-refractivity contribution in [2.75, 3.05) is 44.0 Å². The standard InChI is InChI=1S/C24H28FN3O7S2/c1-14-18-10-19-21(35-23(22(19)24(29)26-2)15-6-8-16(25)9-7-15)11-20(18)28(36(5,30)31)12-17(34-14)13-37(32,33)27(3)4/h6-11,14,17H,12-13H2,1-5H3,(H,26,29)/t14-,17-/m0/s1. The summed E-state index contributed by atoms with van der Waals surface area (Å²) >= 11 is 0. The Morgan fingerprint density at radius 2 is 1.81 bits per heavy atom. The van der Waals surface area contributed by atoms with Gasteiger partial charge in [0.05, 0.1) is 42.0 Å². The Labute approximate surface area is 215 Å². The van der Waals surface area contributed by atoms with Crippen molar-refractivity contribution >= 4 is 42.6 Å². The molecule has 0 bridgehead atoms. The molecule has 1 aliphatic heterocycles. The number of nitrogens with zero attached hydrogens (tertiary/aromatic N) is 2. The molecule has 10 nitrogen and oxygen atoms in total. The number of ether oxygens (including phenoxy) is 1. The van der Waals surface area contributed by atoms with Crippen LogP contribution in [0.1, 0.15) is 28.9 Å². The number of fused-ring (bicyclic) bond motifs is 2. The van der Waals surface area contributed by atoms with Crippen LogP contribution in [0.15, 0.2) is 40.8 Å². The molecule has 2 aromatic carbocycles. The molecule has 13 heteroatoms. The van der Waals surface area contributed by atoms with Gasteiger partial charge in [-0.05, 0) is 37.3 Å². The van der Waals surface area contributed by atoms with Gasteiger partial charge in [0.25, 0.3) is 5.91 Å². The van der Waals surface area contributed by atoms with E-state index in [4.69, 9.17) is 9.15 Å². The molecule has 0 radical (unpaired) electrons. The third kappa shape index (κ3) is 5.21. The maximum Gasteiger partial charge on any atom is 0.255 e. The Bertz CT molecular complexity index is 1570. The molecule has 1 aromatic heterocycles. The second-order valence-electron chi connectivity index (χ2n) is 9.05. The summed E-state index contributed by atoms with van der Waals surface area (Å²) in [4.78, 5) is 12.9. The summed E-state index contributed by atoms with van der Waals surface area (Å²) in [6, 6.07) is 8.58. The lowest BCUT2D eigenvalue weighted by atomic mass is 10.0. The highest BCUT2D eigenvalue weighted by atomic mass is 32.2. The minimum absolute atomic E-state index is 0.195. The first-order chi connectivity index (χ1) is 17.2. The molecule has 2 atom stereocenters. The number of anilines is 1. The zero-order valence-corrected chi connectivity index (χ0v) is 22.6. The van der Waals surface area contributed by atoms with Crippen LogP contribution in [-0.4, -0.2) is 72.8 Å². The van der Waals surface area contributed by atoms with E-state index in [0.717, 1.165) is 14.9 Å². The van der Waals surface area contributed by atoms with Crippen LogP contribution in [0.25, 0.3) is 22.3 Å². The molecule has 2 heterocycles. The molecular weight excluding hydrogens is 525 g/mol. The number of furan rings is 1. The van der Waals surface area contributed by atoms with Crippen molar-refractivity contribution in [2.45, 2.75) is 19.1 Å². The quantitative estimate of drug-likeness (QED) is 0.497. The first-order valence-corrected chi connectivity index (χ1v) is 14.8. The molecule has 37 heavy (non-hydrogen) atoms. The van der Waals surface area contributed by atoms with Crippen molar-refractivity contribution in [3.63, 3.8) is 0 Å². The summed E-state index contributed by atoms with van der Waals surface area (Å²) in [5, 5.41) is 2.98. The first-order valence-electron chi connectivity index (χ1n) is 11.3. The van der Waals surface area contributed by atoms with Gasteiger partial charge >= 0.3 is 0 Å². The molecule has 1 amide bonds. The molecule has 0 aliphatic carbocycles. The number of hydrogen-bond acceptors (Lipinski definition) is 7. The zero-order chi connectivity index (χ0) is 27.3. The van der Waals surface area contributed by atoms with Crippen LogP contribution < -0.4 is 9.62 Å². The lowest BCUT2D eigenvalue weighted by molar-refractivity contribution is 0.0189. The van der Waals surface area contributed by atoms with Gasteiger partial charge in [0.1, 0.15) is 17.2 Å². The molecule has 0 saturated heterocycles. The van der Waals surface area contributed by atoms with Gasteiger partial charge in [-0.15, -0.1) is 0 Å². The van der Waals surface area contributed by atoms with Crippen LogP contribution in [0.5, 0.6) is 0 Å². The maximum atomic E-state index is 13.5. The summed E-state index contributed by atoms with van der Waals surface area (Å²) in [5.41, 5.74) is 1.59. The smallest absolute Gasteiger partial charge is 0.255 e. The minimum Gasteiger partial charge on any atom is -0.455 e. The fourth-order valence-corrected chi connectivity index (χ4v) is 6.23. The van der Waals surface area contributed by atoms with E-state index < -0.39 is 49.7 Å². The maximum absolute atomic E-state index is 13.5. The highest BCUT2D eigenvalue weighted by molar-refractivity contribution is 7.92. The summed E-state index contributed by atoms with van der Waals surface area (Å²) in [7, 11) is -3.30. The normalized spacial score (nSPS) is 18.6. The SMILES string of the molecule is CNC(=O)c1c(-c2ccc(F)cc2)oc2cc3c(cc12)[C@H](C)O[C@H](CS(=O)(=O)N(C)C)CN3S(C)(=O)=O. The van der Waals surface area contributed by atoms with Gasteiger partial charge in [0.2, 0.25) is 20.0 Å². The van der Waals surface area contributed by atoms with Gasteiger partial charge in [0.15, 0.2) is 0 Å². The molecule has 3 aromatic rings. The predicted molar refractivity (Wildman–Crippen MR) is 138 cm³/mol. The first kappa shape index (κ1) is 27.0. The molecule has 0 saturated carbocycles. The Hall–Kier alpha value is -3.00. The van der Waals surface area contributed by atoms with Gasteiger partial charge in [-0.1, -0.05) is 0 Å². The Kier molecular flexibility index (Phi) is 7.10. The zero-order valence-electron chi connectivity index (χ0n) is 21.0. The molecule has 1 aliphatic rings. The Morgan fingerprint density at radius 3 is 2.38 bits per heavy atom. The van der Waals surface area contributed by atoms with Gasteiger partial charge in [0, 0.05) is 43.7 Å². The van der Waals surface area contributed by atoms with E-state index in [9.17, 15) is 26.0 Å². The second-order valence-corrected chi connectivity index (χ2v) is 13.2. The van der Waals surface area contributed by atoms with Crippen molar-refractivity contribution in [1.29, 1.82) is 0 Å². The van der Waals surface area contributed by atoms with Crippen LogP contribution in [-0.2, 0) is 24.8 Å². The van der Waals surface area contributed by atoms with E-state index in [-0.39, 0.29) is 29.1 Å². The number of hydrogen-bond donors (Lipinski definition) is 1. The van der Waals surface area contributed by atoms with Crippen LogP contribution in [0, 0.1) is 5.82 Å². The van der Waals surface area contributed by atoms with Crippen molar-refractivity contribution in [3.05, 3.63) is 53.3 Å². The van der Waals surface area contributed by atoms with E-state index >= 15 is 0 Å². The van der Waals surface area contributed by atoms with Gasteiger partial charge in [-0.25, -0.2) is 25.5 Å². The van der Waals surface area contributed by atoms with Gasteiger partial charge < -0.3 is 14.5 Å². The van der Waals surface area contributed by atoms with Crippen LogP contribution in [0.4, 0.5) is 10.1 Å². The van der Waals surface area contributed by atoms with Crippen molar-refractivity contribution in [1.82, 2.24) is 9.62 Å². The number of carbonyl (C=O) groups excluding carboxylic acids is 1. The molecular formula is C24H28FN3O7S2. The third-order valence-electron chi connectivity index (χ3n) is 6.22. The second kappa shape index (κ2) is 9.71. The number of nitrogens with one attached hydrogen (secondary N) is 1. The topological polar surface area (TPSA) is 126 Å². The lowest BCUT2D eigenvalue weighted by Gasteiger charge is -2.25. The van der Waals surface area contributed by atoms with E-state index in [1.54, 1.807) is 13.0 Å². The lowest BCUT2D eigenvalue weighted by Crippen LogP contribution is -2.41. The highest BCUT2D eigenvalue weighted by Crippen LogP contribution is 2.42. The average Bonchev–Trinajstić information content (AvgIpc) is 3.12. The minimum atomic E-state index is -3.86. The molecule has 4 rings (SSSR count). The van der Waals surface area contributed by atoms with Crippen molar-refractivity contribution in [2.24, 2.45) is 0 Å². The fraction of sp³-hybridized carbons (Fsp3) is 0.375. The van der Waals surface area contributed by atoms with Crippen LogP contribution >= 0.6 is 0 Å². The van der Waals surface area contributed by atoms with Gasteiger partial charge in [-0.3, -0.25) is 9.10 Å². The Morgan fingerprint density at radius 1 is 1.16 bits per heavy atom. The summed E-state index contributed by atoms with van der Waals surface area (Å²) in [6.07, 6.45) is -0.643. The summed E-state index contributed by atoms with van der Waals surface area (Å²) in [5.74, 6) is -1.12. The van der Waals surface area contributed by atoms with Gasteiger partial charge in [-0.2, -0.15) is 0 Å². The highest BCUT2D eigenvalue weighted by Gasteiger charge is 2.36. The van der Waals surface area contributed by atoms with E-state index in [0.29, 0.717) is 16.5 Å². The number of halogens is 1. The third-order valence-corrected chi connectivity index (χ3v) is 9.28. The molecule has 0 unspecified atom stereocenters. The number of carbonyl (C=O) groups is 1. The largest absolute Gasteiger partial charge is 0.455 e. The summed E-state index contributed by atoms with van der Waals surface area (Å²) < 4.78 is 78.5. The van der Waals surface area contributed by atoms with Crippen LogP contribution in [0.3, 0.4) is 0 Å². The summed E-state index contributed by atoms with van der Waals surface area (Å²) in [6.45, 7) is 1.45. The number of amides is 1. The van der Waals surface area contributed by atoms with Crippen molar-refractivity contribution < 1.29 is 35.2 Å². The van der Waals surface area contributed by atoms with E-state index in [1.165, 1.54) is 51.5 Å². The molecule has 1 N–H and O–H groups in total. The van der Waals surface area contributed by atoms with E-state index in [2.05, 4.69) is 5.32 Å². The molecule has 0 spiro atoms. The number of rotatable bonds is 6. The van der Waals surface area contributed by atoms with Crippen LogP contribution in [0.2, 0.25) is 0 Å². The monoisotopic (exact) mass is 553 g/mol.